The van der Waals surface area contributed by atoms with Crippen molar-refractivity contribution in [1.82, 2.24) is 35.1 Å². The van der Waals surface area contributed by atoms with E-state index in [1.54, 1.807) is 19.4 Å². The van der Waals surface area contributed by atoms with Gasteiger partial charge in [0.05, 0.1) is 6.33 Å². The quantitative estimate of drug-likeness (QED) is 0.738. The summed E-state index contributed by atoms with van der Waals surface area (Å²) in [6.07, 6.45) is 5.29. The van der Waals surface area contributed by atoms with Crippen LogP contribution in [0, 0.1) is 0 Å². The standard InChI is InChI=1S/C16H19N7O/c1-12(10-22-9-8-17-11-22)18-16(24)13(2)23-20-15(19-21-23)14-6-4-3-5-7-14/h3-9,11-13H,10H2,1-2H3,(H,18,24)/t12-,13-/m0/s1. The van der Waals surface area contributed by atoms with E-state index in [0.29, 0.717) is 12.4 Å². The van der Waals surface area contributed by atoms with Gasteiger partial charge in [0.15, 0.2) is 0 Å². The van der Waals surface area contributed by atoms with Crippen LogP contribution in [-0.2, 0) is 11.3 Å². The summed E-state index contributed by atoms with van der Waals surface area (Å²) in [5.41, 5.74) is 0.866. The topological polar surface area (TPSA) is 90.5 Å². The number of tetrazole rings is 1. The first-order valence-electron chi connectivity index (χ1n) is 7.74. The molecule has 3 aromatic rings. The van der Waals surface area contributed by atoms with E-state index < -0.39 is 6.04 Å². The predicted octanol–water partition coefficient (Wildman–Crippen LogP) is 1.30. The van der Waals surface area contributed by atoms with Gasteiger partial charge in [-0.15, -0.1) is 10.2 Å². The molecule has 24 heavy (non-hydrogen) atoms. The second-order valence-corrected chi connectivity index (χ2v) is 5.64. The van der Waals surface area contributed by atoms with Gasteiger partial charge in [-0.3, -0.25) is 4.79 Å². The maximum Gasteiger partial charge on any atom is 0.246 e. The first-order valence-corrected chi connectivity index (χ1v) is 7.74. The number of rotatable bonds is 6. The highest BCUT2D eigenvalue weighted by Crippen LogP contribution is 2.13. The lowest BCUT2D eigenvalue weighted by molar-refractivity contribution is -0.125. The number of hydrogen-bond acceptors (Lipinski definition) is 5. The highest BCUT2D eigenvalue weighted by molar-refractivity contribution is 5.79. The molecule has 3 rings (SSSR count). The molecule has 8 heteroatoms. The number of carbonyl (C=O) groups is 1. The van der Waals surface area contributed by atoms with Gasteiger partial charge in [-0.2, -0.15) is 4.80 Å². The van der Waals surface area contributed by atoms with Crippen molar-refractivity contribution in [2.45, 2.75) is 32.5 Å². The summed E-state index contributed by atoms with van der Waals surface area (Å²) in [4.78, 5) is 17.7. The lowest BCUT2D eigenvalue weighted by Crippen LogP contribution is -2.39. The average molecular weight is 325 g/mol. The number of nitrogens with one attached hydrogen (secondary N) is 1. The van der Waals surface area contributed by atoms with Crippen molar-refractivity contribution in [3.63, 3.8) is 0 Å². The highest BCUT2D eigenvalue weighted by Gasteiger charge is 2.20. The Kier molecular flexibility index (Phi) is 4.64. The molecule has 0 aliphatic carbocycles. The molecule has 1 amide bonds. The summed E-state index contributed by atoms with van der Waals surface area (Å²) in [6, 6.07) is 8.96. The Morgan fingerprint density at radius 1 is 1.25 bits per heavy atom. The first kappa shape index (κ1) is 15.9. The molecule has 0 aliphatic rings. The Balaban J connectivity index is 1.62. The Morgan fingerprint density at radius 2 is 2.04 bits per heavy atom. The monoisotopic (exact) mass is 325 g/mol. The van der Waals surface area contributed by atoms with Gasteiger partial charge in [-0.25, -0.2) is 4.98 Å². The van der Waals surface area contributed by atoms with Gasteiger partial charge in [0.1, 0.15) is 6.04 Å². The summed E-state index contributed by atoms with van der Waals surface area (Å²) in [7, 11) is 0. The second kappa shape index (κ2) is 7.03. The van der Waals surface area contributed by atoms with Gasteiger partial charge in [0.2, 0.25) is 11.7 Å². The molecule has 1 aromatic carbocycles. The number of hydrogen-bond donors (Lipinski definition) is 1. The largest absolute Gasteiger partial charge is 0.350 e. The molecule has 0 unspecified atom stereocenters. The van der Waals surface area contributed by atoms with Crippen LogP contribution in [-0.4, -0.2) is 41.7 Å². The molecule has 0 aliphatic heterocycles. The molecule has 0 spiro atoms. The number of imidazole rings is 1. The van der Waals surface area contributed by atoms with Crippen LogP contribution in [0.2, 0.25) is 0 Å². The Morgan fingerprint density at radius 3 is 2.75 bits per heavy atom. The summed E-state index contributed by atoms with van der Waals surface area (Å²) >= 11 is 0. The van der Waals surface area contributed by atoms with Crippen molar-refractivity contribution >= 4 is 5.91 Å². The van der Waals surface area contributed by atoms with E-state index in [4.69, 9.17) is 0 Å². The zero-order valence-corrected chi connectivity index (χ0v) is 13.6. The van der Waals surface area contributed by atoms with Crippen LogP contribution < -0.4 is 5.32 Å². The van der Waals surface area contributed by atoms with Gasteiger partial charge in [0, 0.05) is 30.5 Å². The number of aromatic nitrogens is 6. The Labute approximate surface area is 139 Å². The van der Waals surface area contributed by atoms with Crippen LogP contribution in [0.15, 0.2) is 49.1 Å². The van der Waals surface area contributed by atoms with Crippen LogP contribution >= 0.6 is 0 Å². The van der Waals surface area contributed by atoms with E-state index in [1.165, 1.54) is 4.80 Å². The van der Waals surface area contributed by atoms with Gasteiger partial charge < -0.3 is 9.88 Å². The van der Waals surface area contributed by atoms with Crippen LogP contribution in [0.5, 0.6) is 0 Å². The third-order valence-corrected chi connectivity index (χ3v) is 3.62. The van der Waals surface area contributed by atoms with Gasteiger partial charge in [-0.1, -0.05) is 30.3 Å². The van der Waals surface area contributed by atoms with E-state index >= 15 is 0 Å². The number of nitrogens with zero attached hydrogens (tertiary/aromatic N) is 6. The van der Waals surface area contributed by atoms with Crippen molar-refractivity contribution in [1.29, 1.82) is 0 Å². The van der Waals surface area contributed by atoms with Crippen LogP contribution in [0.25, 0.3) is 11.4 Å². The Hall–Kier alpha value is -3.03. The lowest BCUT2D eigenvalue weighted by atomic mass is 10.2. The number of carbonyl (C=O) groups excluding carboxylic acids is 1. The fourth-order valence-electron chi connectivity index (χ4n) is 2.32. The van der Waals surface area contributed by atoms with E-state index in [0.717, 1.165) is 5.56 Å². The molecular formula is C16H19N7O. The van der Waals surface area contributed by atoms with E-state index in [-0.39, 0.29) is 11.9 Å². The van der Waals surface area contributed by atoms with E-state index in [1.807, 2.05) is 48.0 Å². The molecule has 2 aromatic heterocycles. The molecule has 0 saturated carbocycles. The minimum atomic E-state index is -0.541. The average Bonchev–Trinajstić information content (AvgIpc) is 3.26. The van der Waals surface area contributed by atoms with Gasteiger partial charge in [-0.05, 0) is 19.1 Å². The molecule has 0 bridgehead atoms. The highest BCUT2D eigenvalue weighted by atomic mass is 16.2. The molecule has 2 heterocycles. The third kappa shape index (κ3) is 3.65. The fourth-order valence-corrected chi connectivity index (χ4v) is 2.32. The minimum Gasteiger partial charge on any atom is -0.350 e. The summed E-state index contributed by atoms with van der Waals surface area (Å²) in [6.45, 7) is 4.34. The van der Waals surface area contributed by atoms with Crippen molar-refractivity contribution in [3.8, 4) is 11.4 Å². The van der Waals surface area contributed by atoms with Crippen LogP contribution in [0.3, 0.4) is 0 Å². The lowest BCUT2D eigenvalue weighted by Gasteiger charge is -2.17. The molecule has 124 valence electrons. The molecule has 8 nitrogen and oxygen atoms in total. The Bertz CT molecular complexity index is 782. The summed E-state index contributed by atoms with van der Waals surface area (Å²) < 4.78 is 1.91. The van der Waals surface area contributed by atoms with E-state index in [9.17, 15) is 4.79 Å². The van der Waals surface area contributed by atoms with Gasteiger partial charge >= 0.3 is 0 Å². The van der Waals surface area contributed by atoms with E-state index in [2.05, 4.69) is 25.7 Å². The molecule has 0 saturated heterocycles. The third-order valence-electron chi connectivity index (χ3n) is 3.62. The minimum absolute atomic E-state index is 0.0359. The molecule has 0 fully saturated rings. The van der Waals surface area contributed by atoms with Crippen molar-refractivity contribution < 1.29 is 4.79 Å². The molecule has 0 radical (unpaired) electrons. The normalized spacial score (nSPS) is 13.4. The smallest absolute Gasteiger partial charge is 0.246 e. The van der Waals surface area contributed by atoms with Gasteiger partial charge in [0.25, 0.3) is 0 Å². The number of amides is 1. The van der Waals surface area contributed by atoms with Crippen LogP contribution in [0.4, 0.5) is 0 Å². The predicted molar refractivity (Wildman–Crippen MR) is 87.8 cm³/mol. The van der Waals surface area contributed by atoms with Crippen molar-refractivity contribution in [3.05, 3.63) is 49.1 Å². The summed E-state index contributed by atoms with van der Waals surface area (Å²) in [5, 5.41) is 15.3. The molecular weight excluding hydrogens is 306 g/mol. The number of benzene rings is 1. The van der Waals surface area contributed by atoms with Crippen LogP contribution in [0.1, 0.15) is 19.9 Å². The first-order chi connectivity index (χ1) is 11.6. The summed E-state index contributed by atoms with van der Waals surface area (Å²) in [5.74, 6) is 0.348. The van der Waals surface area contributed by atoms with Crippen molar-refractivity contribution in [2.24, 2.45) is 0 Å². The maximum absolute atomic E-state index is 12.4. The molecule has 1 N–H and O–H groups in total. The zero-order valence-electron chi connectivity index (χ0n) is 13.6. The molecule has 2 atom stereocenters. The second-order valence-electron chi connectivity index (χ2n) is 5.64. The van der Waals surface area contributed by atoms with Crippen molar-refractivity contribution in [2.75, 3.05) is 0 Å². The SMILES string of the molecule is C[C@@H](Cn1ccnc1)NC(=O)[C@H](C)n1nnc(-c2ccccc2)n1. The maximum atomic E-state index is 12.4. The fraction of sp³-hybridized carbons (Fsp3) is 0.312. The zero-order chi connectivity index (χ0) is 16.9.